The van der Waals surface area contributed by atoms with Gasteiger partial charge < -0.3 is 20.3 Å². The van der Waals surface area contributed by atoms with Gasteiger partial charge in [-0.1, -0.05) is 16.6 Å². The normalized spacial score (nSPS) is 12.8. The van der Waals surface area contributed by atoms with Crippen molar-refractivity contribution >= 4 is 34.0 Å². The first kappa shape index (κ1) is 23.1. The Morgan fingerprint density at radius 1 is 1.22 bits per heavy atom. The van der Waals surface area contributed by atoms with Gasteiger partial charge in [-0.25, -0.2) is 4.79 Å². The molecule has 11 heteroatoms. The number of alkyl halides is 3. The van der Waals surface area contributed by atoms with Gasteiger partial charge in [0.05, 0.1) is 11.3 Å². The standard InChI is InChI=1S/C19H19FN4O.C2HF3O2/c1-23(2)10-9-22-15-11-13(14-6-4-8-21-14)18-17-12(15)5-3-7-16(17)24(20)19(18)25;3-2(4,5)1(6)7/h3-8,11,21-22H,9-10H2,1-2H3;(H,6,7). The number of H-pyrrole nitrogens is 1. The molecule has 0 saturated heterocycles. The molecule has 1 aromatic heterocycles. The summed E-state index contributed by atoms with van der Waals surface area (Å²) < 4.78 is 46.2. The molecule has 3 aromatic rings. The zero-order valence-electron chi connectivity index (χ0n) is 17.1. The Labute approximate surface area is 180 Å². The molecule has 0 saturated carbocycles. The van der Waals surface area contributed by atoms with E-state index >= 15 is 0 Å². The summed E-state index contributed by atoms with van der Waals surface area (Å²) >= 11 is 0. The molecule has 0 atom stereocenters. The number of carbonyl (C=O) groups is 2. The van der Waals surface area contributed by atoms with Gasteiger partial charge in [0.2, 0.25) is 0 Å². The van der Waals surface area contributed by atoms with Crippen LogP contribution in [0, 0.1) is 0 Å². The summed E-state index contributed by atoms with van der Waals surface area (Å²) in [6, 6.07) is 11.0. The van der Waals surface area contributed by atoms with Crippen LogP contribution in [-0.2, 0) is 4.79 Å². The highest BCUT2D eigenvalue weighted by Crippen LogP contribution is 2.45. The van der Waals surface area contributed by atoms with Gasteiger partial charge in [0.1, 0.15) is 0 Å². The zero-order chi connectivity index (χ0) is 23.6. The molecule has 0 fully saturated rings. The molecule has 1 amide bonds. The average Bonchev–Trinajstić information content (AvgIpc) is 3.33. The number of aromatic amines is 1. The molecule has 1 aliphatic rings. The lowest BCUT2D eigenvalue weighted by Gasteiger charge is -2.15. The molecule has 4 rings (SSSR count). The summed E-state index contributed by atoms with van der Waals surface area (Å²) in [5, 5.41) is 12.3. The van der Waals surface area contributed by atoms with Crippen molar-refractivity contribution in [2.75, 3.05) is 37.6 Å². The quantitative estimate of drug-likeness (QED) is 0.397. The maximum absolute atomic E-state index is 14.4. The number of carboxylic acids is 1. The third-order valence-corrected chi connectivity index (χ3v) is 4.75. The zero-order valence-corrected chi connectivity index (χ0v) is 17.1. The molecule has 32 heavy (non-hydrogen) atoms. The van der Waals surface area contributed by atoms with Crippen LogP contribution in [0.4, 0.5) is 29.0 Å². The second-order valence-corrected chi connectivity index (χ2v) is 7.25. The Hall–Kier alpha value is -3.60. The molecular formula is C21H20F4N4O3. The third-order valence-electron chi connectivity index (χ3n) is 4.75. The molecule has 0 bridgehead atoms. The number of amides is 1. The van der Waals surface area contributed by atoms with E-state index in [1.165, 1.54) is 0 Å². The highest BCUT2D eigenvalue weighted by molar-refractivity contribution is 6.28. The lowest BCUT2D eigenvalue weighted by Crippen LogP contribution is -2.21. The molecule has 0 aliphatic carbocycles. The van der Waals surface area contributed by atoms with Crippen LogP contribution in [0.15, 0.2) is 42.6 Å². The van der Waals surface area contributed by atoms with Gasteiger partial charge in [-0.15, -0.1) is 5.12 Å². The van der Waals surface area contributed by atoms with Gasteiger partial charge >= 0.3 is 12.1 Å². The first-order chi connectivity index (χ1) is 15.0. The van der Waals surface area contributed by atoms with Crippen LogP contribution in [0.25, 0.3) is 22.0 Å². The number of rotatable bonds is 5. The van der Waals surface area contributed by atoms with Crippen LogP contribution < -0.4 is 10.4 Å². The van der Waals surface area contributed by atoms with E-state index in [0.29, 0.717) is 22.2 Å². The second kappa shape index (κ2) is 8.87. The number of likely N-dealkylation sites (N-methyl/N-ethyl adjacent to an activating group) is 1. The fourth-order valence-corrected chi connectivity index (χ4v) is 3.32. The number of benzene rings is 2. The van der Waals surface area contributed by atoms with Crippen molar-refractivity contribution in [3.8, 4) is 11.3 Å². The maximum Gasteiger partial charge on any atom is 0.490 e. The largest absolute Gasteiger partial charge is 0.490 e. The van der Waals surface area contributed by atoms with E-state index in [1.54, 1.807) is 18.3 Å². The van der Waals surface area contributed by atoms with E-state index < -0.39 is 18.1 Å². The summed E-state index contributed by atoms with van der Waals surface area (Å²) in [5.74, 6) is -3.37. The minimum Gasteiger partial charge on any atom is -0.475 e. The molecule has 1 aliphatic heterocycles. The molecule has 0 spiro atoms. The fraction of sp³-hybridized carbons (Fsp3) is 0.238. The summed E-state index contributed by atoms with van der Waals surface area (Å²) in [6.07, 6.45) is -3.29. The van der Waals surface area contributed by atoms with Crippen LogP contribution in [0.5, 0.6) is 0 Å². The first-order valence-corrected chi connectivity index (χ1v) is 9.44. The number of aromatic nitrogens is 1. The van der Waals surface area contributed by atoms with E-state index in [2.05, 4.69) is 15.2 Å². The van der Waals surface area contributed by atoms with Crippen LogP contribution in [0.3, 0.4) is 0 Å². The summed E-state index contributed by atoms with van der Waals surface area (Å²) in [4.78, 5) is 26.6. The number of hydrogen-bond donors (Lipinski definition) is 3. The monoisotopic (exact) mass is 452 g/mol. The van der Waals surface area contributed by atoms with E-state index in [-0.39, 0.29) is 5.12 Å². The number of nitrogens with zero attached hydrogens (tertiary/aromatic N) is 2. The van der Waals surface area contributed by atoms with Crippen LogP contribution in [-0.4, -0.2) is 60.2 Å². The topological polar surface area (TPSA) is 88.7 Å². The number of nitrogens with one attached hydrogen (secondary N) is 2. The number of carbonyl (C=O) groups excluding carboxylic acids is 1. The third kappa shape index (κ3) is 4.52. The number of halogens is 4. The minimum absolute atomic E-state index is 0.244. The van der Waals surface area contributed by atoms with Crippen molar-refractivity contribution in [2.24, 2.45) is 0 Å². The number of anilines is 2. The molecule has 2 heterocycles. The van der Waals surface area contributed by atoms with Crippen molar-refractivity contribution in [1.29, 1.82) is 0 Å². The fourth-order valence-electron chi connectivity index (χ4n) is 3.32. The predicted molar refractivity (Wildman–Crippen MR) is 112 cm³/mol. The van der Waals surface area contributed by atoms with Crippen molar-refractivity contribution in [3.05, 3.63) is 48.2 Å². The van der Waals surface area contributed by atoms with Gasteiger partial charge in [0.15, 0.2) is 0 Å². The van der Waals surface area contributed by atoms with Crippen molar-refractivity contribution in [3.63, 3.8) is 0 Å². The molecule has 0 radical (unpaired) electrons. The molecule has 170 valence electrons. The summed E-state index contributed by atoms with van der Waals surface area (Å²) in [6.45, 7) is 1.62. The van der Waals surface area contributed by atoms with Crippen molar-refractivity contribution in [1.82, 2.24) is 9.88 Å². The van der Waals surface area contributed by atoms with Gasteiger partial charge in [0.25, 0.3) is 5.91 Å². The smallest absolute Gasteiger partial charge is 0.475 e. The van der Waals surface area contributed by atoms with Crippen LogP contribution in [0.1, 0.15) is 10.4 Å². The highest BCUT2D eigenvalue weighted by atomic mass is 19.4. The van der Waals surface area contributed by atoms with Gasteiger partial charge in [0, 0.05) is 47.0 Å². The molecule has 7 nitrogen and oxygen atoms in total. The Morgan fingerprint density at radius 2 is 1.91 bits per heavy atom. The van der Waals surface area contributed by atoms with E-state index in [9.17, 15) is 22.4 Å². The Bertz CT molecular complexity index is 1140. The van der Waals surface area contributed by atoms with E-state index in [4.69, 9.17) is 9.90 Å². The summed E-state index contributed by atoms with van der Waals surface area (Å²) in [5.41, 5.74) is 3.12. The van der Waals surface area contributed by atoms with Gasteiger partial charge in [-0.3, -0.25) is 4.79 Å². The Kier molecular flexibility index (Phi) is 6.40. The number of aliphatic carboxylic acids is 1. The number of hydrogen-bond acceptors (Lipinski definition) is 4. The lowest BCUT2D eigenvalue weighted by atomic mass is 9.96. The second-order valence-electron chi connectivity index (χ2n) is 7.25. The lowest BCUT2D eigenvalue weighted by molar-refractivity contribution is -0.192. The van der Waals surface area contributed by atoms with Crippen LogP contribution in [0.2, 0.25) is 0 Å². The Morgan fingerprint density at radius 3 is 2.47 bits per heavy atom. The van der Waals surface area contributed by atoms with E-state index in [0.717, 1.165) is 29.9 Å². The van der Waals surface area contributed by atoms with E-state index in [1.807, 2.05) is 38.4 Å². The maximum atomic E-state index is 14.4. The Balaban J connectivity index is 0.000000360. The van der Waals surface area contributed by atoms with Crippen LogP contribution >= 0.6 is 0 Å². The van der Waals surface area contributed by atoms with Gasteiger partial charge in [-0.2, -0.15) is 13.2 Å². The van der Waals surface area contributed by atoms with Crippen molar-refractivity contribution < 1.29 is 32.3 Å². The summed E-state index contributed by atoms with van der Waals surface area (Å²) in [7, 11) is 4.03. The number of carboxylic acid groups (broad SMARTS) is 1. The highest BCUT2D eigenvalue weighted by Gasteiger charge is 2.38. The first-order valence-electron chi connectivity index (χ1n) is 9.44. The van der Waals surface area contributed by atoms with Gasteiger partial charge in [-0.05, 0) is 38.4 Å². The molecular weight excluding hydrogens is 432 g/mol. The minimum atomic E-state index is -5.08. The SMILES string of the molecule is CN(C)CCNc1cc(-c2ccc[nH]2)c2c3c(cccc13)N(F)C2=O.O=C(O)C(F)(F)F. The molecule has 0 unspecified atom stereocenters. The predicted octanol–water partition coefficient (Wildman–Crippen LogP) is 4.29. The van der Waals surface area contributed by atoms with Crippen molar-refractivity contribution in [2.45, 2.75) is 6.18 Å². The molecule has 3 N–H and O–H groups in total. The average molecular weight is 452 g/mol. The molecule has 2 aromatic carbocycles.